The topological polar surface area (TPSA) is 77.8 Å². The van der Waals surface area contributed by atoms with Crippen molar-refractivity contribution in [3.63, 3.8) is 0 Å². The lowest BCUT2D eigenvalue weighted by atomic mass is 10.1. The van der Waals surface area contributed by atoms with Crippen LogP contribution in [0.4, 0.5) is 11.8 Å². The van der Waals surface area contributed by atoms with Crippen molar-refractivity contribution < 1.29 is 0 Å². The molecule has 0 saturated heterocycles. The fourth-order valence-electron chi connectivity index (χ4n) is 1.50. The first-order valence-electron chi connectivity index (χ1n) is 4.97. The molecular formula is C11H9Cl3N4. The lowest BCUT2D eigenvalue weighted by molar-refractivity contribution is 1.09. The molecule has 0 unspecified atom stereocenters. The number of anilines is 2. The Bertz CT molecular complexity index is 578. The first-order valence-corrected chi connectivity index (χ1v) is 6.11. The van der Waals surface area contributed by atoms with Crippen LogP contribution in [0.3, 0.4) is 0 Å². The van der Waals surface area contributed by atoms with Crippen LogP contribution in [0.5, 0.6) is 0 Å². The Labute approximate surface area is 119 Å². The van der Waals surface area contributed by atoms with Crippen molar-refractivity contribution in [3.8, 4) is 0 Å². The number of nitrogen functional groups attached to an aromatic ring is 2. The van der Waals surface area contributed by atoms with Crippen LogP contribution in [0.2, 0.25) is 15.1 Å². The van der Waals surface area contributed by atoms with E-state index in [1.807, 2.05) is 0 Å². The molecule has 1 aromatic heterocycles. The molecule has 0 amide bonds. The molecule has 1 aromatic carbocycles. The molecule has 0 aliphatic heterocycles. The zero-order chi connectivity index (χ0) is 13.3. The average Bonchev–Trinajstić information content (AvgIpc) is 2.29. The molecule has 0 atom stereocenters. The van der Waals surface area contributed by atoms with Crippen molar-refractivity contribution in [2.45, 2.75) is 6.42 Å². The van der Waals surface area contributed by atoms with Gasteiger partial charge in [-0.1, -0.05) is 34.8 Å². The fourth-order valence-corrected chi connectivity index (χ4v) is 2.14. The predicted molar refractivity (Wildman–Crippen MR) is 75.1 cm³/mol. The highest BCUT2D eigenvalue weighted by molar-refractivity contribution is 6.48. The molecular weight excluding hydrogens is 295 g/mol. The molecule has 0 saturated carbocycles. The molecule has 94 valence electrons. The molecule has 0 spiro atoms. The quantitative estimate of drug-likeness (QED) is 0.835. The van der Waals surface area contributed by atoms with Crippen LogP contribution in [0, 0.1) is 0 Å². The second-order valence-electron chi connectivity index (χ2n) is 3.69. The second-order valence-corrected chi connectivity index (χ2v) is 4.88. The largest absolute Gasteiger partial charge is 0.383 e. The van der Waals surface area contributed by atoms with E-state index in [0.717, 1.165) is 11.1 Å². The van der Waals surface area contributed by atoms with Crippen molar-refractivity contribution in [3.05, 3.63) is 44.5 Å². The Morgan fingerprint density at radius 1 is 1.06 bits per heavy atom. The molecule has 0 radical (unpaired) electrons. The Balaban J connectivity index is 2.34. The molecule has 18 heavy (non-hydrogen) atoms. The van der Waals surface area contributed by atoms with E-state index in [0.29, 0.717) is 27.3 Å². The summed E-state index contributed by atoms with van der Waals surface area (Å²) in [4.78, 5) is 7.78. The third-order valence-electron chi connectivity index (χ3n) is 2.35. The first kappa shape index (κ1) is 13.2. The number of halogens is 3. The predicted octanol–water partition coefficient (Wildman–Crippen LogP) is 3.19. The summed E-state index contributed by atoms with van der Waals surface area (Å²) in [7, 11) is 0. The highest BCUT2D eigenvalue weighted by Gasteiger charge is 2.09. The van der Waals surface area contributed by atoms with Crippen LogP contribution in [-0.4, -0.2) is 9.97 Å². The van der Waals surface area contributed by atoms with Crippen LogP contribution in [0.25, 0.3) is 0 Å². The van der Waals surface area contributed by atoms with Crippen molar-refractivity contribution in [1.29, 1.82) is 0 Å². The summed E-state index contributed by atoms with van der Waals surface area (Å²) >= 11 is 17.8. The van der Waals surface area contributed by atoms with E-state index < -0.39 is 0 Å². The molecule has 2 aromatic rings. The number of aromatic nitrogens is 2. The first-order chi connectivity index (χ1) is 8.47. The Morgan fingerprint density at radius 2 is 1.67 bits per heavy atom. The maximum Gasteiger partial charge on any atom is 0.221 e. The summed E-state index contributed by atoms with van der Waals surface area (Å²) < 4.78 is 0. The molecule has 0 fully saturated rings. The van der Waals surface area contributed by atoms with Gasteiger partial charge in [-0.15, -0.1) is 0 Å². The van der Waals surface area contributed by atoms with Gasteiger partial charge in [-0.2, -0.15) is 4.98 Å². The number of hydrogen-bond acceptors (Lipinski definition) is 4. The molecule has 7 heteroatoms. The lowest BCUT2D eigenvalue weighted by Gasteiger charge is -2.07. The summed E-state index contributed by atoms with van der Waals surface area (Å²) in [5, 5.41) is 1.13. The minimum absolute atomic E-state index is 0.142. The minimum atomic E-state index is 0.142. The van der Waals surface area contributed by atoms with Gasteiger partial charge in [-0.3, -0.25) is 0 Å². The highest BCUT2D eigenvalue weighted by Crippen LogP contribution is 2.32. The van der Waals surface area contributed by atoms with Crippen LogP contribution in [-0.2, 0) is 6.42 Å². The fraction of sp³-hybridized carbons (Fsp3) is 0.0909. The van der Waals surface area contributed by atoms with Gasteiger partial charge in [0, 0.05) is 18.2 Å². The van der Waals surface area contributed by atoms with E-state index in [4.69, 9.17) is 46.3 Å². The Morgan fingerprint density at radius 3 is 2.22 bits per heavy atom. The van der Waals surface area contributed by atoms with E-state index in [2.05, 4.69) is 9.97 Å². The van der Waals surface area contributed by atoms with Gasteiger partial charge in [0.05, 0.1) is 15.1 Å². The van der Waals surface area contributed by atoms with Crippen LogP contribution in [0.1, 0.15) is 11.1 Å². The van der Waals surface area contributed by atoms with E-state index in [9.17, 15) is 0 Å². The zero-order valence-corrected chi connectivity index (χ0v) is 11.4. The number of nitrogens with two attached hydrogens (primary N) is 2. The molecule has 0 aliphatic rings. The SMILES string of the molecule is Nc1ncc(Cc2cc(Cl)c(Cl)c(Cl)c2)c(N)n1. The van der Waals surface area contributed by atoms with Gasteiger partial charge in [-0.25, -0.2) is 4.98 Å². The zero-order valence-electron chi connectivity index (χ0n) is 9.12. The molecule has 0 bridgehead atoms. The van der Waals surface area contributed by atoms with Gasteiger partial charge in [0.25, 0.3) is 0 Å². The van der Waals surface area contributed by atoms with E-state index >= 15 is 0 Å². The van der Waals surface area contributed by atoms with Gasteiger partial charge < -0.3 is 11.5 Å². The van der Waals surface area contributed by atoms with Crippen LogP contribution < -0.4 is 11.5 Å². The molecule has 2 rings (SSSR count). The lowest BCUT2D eigenvalue weighted by Crippen LogP contribution is -2.04. The normalized spacial score (nSPS) is 10.6. The van der Waals surface area contributed by atoms with Gasteiger partial charge in [0.2, 0.25) is 5.95 Å². The van der Waals surface area contributed by atoms with Crippen molar-refractivity contribution >= 4 is 46.6 Å². The van der Waals surface area contributed by atoms with Crippen LogP contribution >= 0.6 is 34.8 Å². The summed E-state index contributed by atoms with van der Waals surface area (Å²) in [5.74, 6) is 0.480. The number of hydrogen-bond donors (Lipinski definition) is 2. The summed E-state index contributed by atoms with van der Waals surface area (Å²) in [6.45, 7) is 0. The van der Waals surface area contributed by atoms with Gasteiger partial charge in [0.15, 0.2) is 0 Å². The Hall–Kier alpha value is -1.23. The van der Waals surface area contributed by atoms with Crippen LogP contribution in [0.15, 0.2) is 18.3 Å². The van der Waals surface area contributed by atoms with Gasteiger partial charge in [-0.05, 0) is 17.7 Å². The maximum atomic E-state index is 5.95. The summed E-state index contributed by atoms with van der Waals surface area (Å²) in [6.07, 6.45) is 2.08. The summed E-state index contributed by atoms with van der Waals surface area (Å²) in [6, 6.07) is 3.46. The minimum Gasteiger partial charge on any atom is -0.383 e. The third-order valence-corrected chi connectivity index (χ3v) is 3.55. The van der Waals surface area contributed by atoms with Gasteiger partial charge in [0.1, 0.15) is 5.82 Å². The summed E-state index contributed by atoms with van der Waals surface area (Å²) in [5.41, 5.74) is 12.8. The molecule has 1 heterocycles. The highest BCUT2D eigenvalue weighted by atomic mass is 35.5. The standard InChI is InChI=1S/C11H9Cl3N4/c12-7-2-5(3-8(13)9(7)14)1-6-4-17-11(16)18-10(6)15/h2-4H,1H2,(H4,15,16,17,18). The van der Waals surface area contributed by atoms with E-state index in [1.54, 1.807) is 18.3 Å². The second kappa shape index (κ2) is 5.18. The Kier molecular flexibility index (Phi) is 3.80. The maximum absolute atomic E-state index is 5.95. The van der Waals surface area contributed by atoms with Gasteiger partial charge >= 0.3 is 0 Å². The monoisotopic (exact) mass is 302 g/mol. The molecule has 0 aliphatic carbocycles. The average molecular weight is 304 g/mol. The third kappa shape index (κ3) is 2.77. The van der Waals surface area contributed by atoms with E-state index in [-0.39, 0.29) is 5.95 Å². The molecule has 4 nitrogen and oxygen atoms in total. The van der Waals surface area contributed by atoms with Crippen molar-refractivity contribution in [1.82, 2.24) is 9.97 Å². The smallest absolute Gasteiger partial charge is 0.221 e. The number of rotatable bonds is 2. The van der Waals surface area contributed by atoms with Crippen molar-refractivity contribution in [2.75, 3.05) is 11.5 Å². The molecule has 4 N–H and O–H groups in total. The number of nitrogens with zero attached hydrogens (tertiary/aromatic N) is 2. The van der Waals surface area contributed by atoms with Crippen molar-refractivity contribution in [2.24, 2.45) is 0 Å². The number of benzene rings is 1. The van der Waals surface area contributed by atoms with E-state index in [1.165, 1.54) is 0 Å².